The van der Waals surface area contributed by atoms with Crippen molar-refractivity contribution in [2.24, 2.45) is 4.74 Å². The maximum Gasteiger partial charge on any atom is 0.114 e. The fraction of sp³-hybridized carbons (Fsp3) is 1.00. The van der Waals surface area contributed by atoms with Crippen molar-refractivity contribution in [3.8, 4) is 0 Å². The van der Waals surface area contributed by atoms with Crippen LogP contribution in [0.2, 0.25) is 0 Å². The summed E-state index contributed by atoms with van der Waals surface area (Å²) in [6, 6.07) is 0. The zero-order valence-corrected chi connectivity index (χ0v) is 3.07. The minimum Gasteiger partial charge on any atom is -0.282 e. The second-order valence-corrected chi connectivity index (χ2v) is 0.607. The Hall–Kier alpha value is 0.165. The van der Waals surface area contributed by atoms with Crippen molar-refractivity contribution < 1.29 is 0 Å². The molecule has 0 amide bonds. The summed E-state index contributed by atoms with van der Waals surface area (Å²) in [4.78, 5) is 0. The second-order valence-electron chi connectivity index (χ2n) is 0.324. The minimum atomic E-state index is 0.269. The van der Waals surface area contributed by atoms with E-state index in [4.69, 9.17) is 9.12 Å². The first kappa shape index (κ1) is 2.41. The van der Waals surface area contributed by atoms with Crippen LogP contribution in [0, 0.1) is 0 Å². The van der Waals surface area contributed by atoms with E-state index in [1.54, 1.807) is 0 Å². The van der Waals surface area contributed by atoms with Crippen LogP contribution in [0.1, 0.15) is 0 Å². The average Bonchev–Trinajstić information content (AvgIpc) is 1.41. The zero-order chi connectivity index (χ0) is 4.12. The third kappa shape index (κ3) is 2.16. The van der Waals surface area contributed by atoms with Gasteiger partial charge < -0.3 is 0 Å². The van der Waals surface area contributed by atoms with E-state index < -0.39 is 0 Å². The molecule has 0 aliphatic heterocycles. The molecule has 4 heavy (non-hydrogen) atoms. The molecule has 0 N–H and O–H groups in total. The Morgan fingerprint density at radius 3 is 3.25 bits per heavy atom. The van der Waals surface area contributed by atoms with Gasteiger partial charge in [-0.3, -0.25) is 4.74 Å². The normalized spacial score (nSPS) is 12.5. The van der Waals surface area contributed by atoms with Crippen molar-refractivity contribution in [1.29, 1.82) is 1.28 Å². The van der Waals surface area contributed by atoms with Gasteiger partial charge in [0.1, 0.15) is 1.28 Å². The molecule has 1 nitrogen and oxygen atoms in total. The number of rotatable bonds is 1. The monoisotopic (exact) mass is 73.0 g/mol. The molecular weight excluding hydrogens is 67.8 g/mol. The number of hydrogen-bond acceptors (Lipinski definition) is 1. The van der Waals surface area contributed by atoms with Crippen molar-refractivity contribution in [2.45, 2.75) is 0 Å². The quantitative estimate of drug-likeness (QED) is 0.315. The Balaban J connectivity index is 2.62. The van der Waals surface area contributed by atoms with E-state index in [1.807, 2.05) is 0 Å². The predicted molar refractivity (Wildman–Crippen MR) is 21.4 cm³/mol. The van der Waals surface area contributed by atoms with E-state index in [1.165, 1.54) is 0 Å². The highest BCUT2D eigenvalue weighted by Gasteiger charge is 1.46. The van der Waals surface area contributed by atoms with Crippen LogP contribution in [0.15, 0.2) is 4.74 Å². The van der Waals surface area contributed by atoms with Crippen molar-refractivity contribution >= 4 is 16.8 Å². The fourth-order valence-corrected chi connectivity index (χ4v) is 0. The molecule has 0 bridgehead atoms. The Morgan fingerprint density at radius 1 is 2.50 bits per heavy atom. The molecule has 0 fully saturated rings. The lowest BCUT2D eigenvalue weighted by atomic mass is 10.2. The second kappa shape index (κ2) is 3.16. The third-order valence-corrected chi connectivity index (χ3v) is 0.245. The first-order valence-corrected chi connectivity index (χ1v) is 1.32. The van der Waals surface area contributed by atoms with E-state index in [0.29, 0.717) is 0 Å². The van der Waals surface area contributed by atoms with Crippen molar-refractivity contribution in [3.05, 3.63) is 0 Å². The Kier molecular flexibility index (Phi) is 1.90. The minimum absolute atomic E-state index is 0.269. The highest BCUT2D eigenvalue weighted by molar-refractivity contribution is 7.04. The van der Waals surface area contributed by atoms with Crippen LogP contribution in [0.25, 0.3) is 0 Å². The summed E-state index contributed by atoms with van der Waals surface area (Å²) in [7, 11) is 5.13. The van der Waals surface area contributed by atoms with Gasteiger partial charge >= 0.3 is 0 Å². The SMILES string of the molecule is [3H]P=NC[B]. The van der Waals surface area contributed by atoms with E-state index in [9.17, 15) is 0 Å². The van der Waals surface area contributed by atoms with Gasteiger partial charge in [-0.25, -0.2) is 0 Å². The molecule has 0 aromatic rings. The predicted octanol–water partition coefficient (Wildman–Crippen LogP) is 0.439. The fourth-order valence-electron chi connectivity index (χ4n) is 0. The maximum absolute atomic E-state index is 6.33. The standard InChI is InChI=1S/CH3BNP/c2-1-3-4/h4H,1H2/i4T. The molecule has 0 saturated carbocycles. The highest BCUT2D eigenvalue weighted by Crippen LogP contribution is 1.61. The largest absolute Gasteiger partial charge is 0.282 e. The lowest BCUT2D eigenvalue weighted by molar-refractivity contribution is 1.43. The molecule has 2 radical (unpaired) electrons. The van der Waals surface area contributed by atoms with Crippen LogP contribution in [0.3, 0.4) is 0 Å². The van der Waals surface area contributed by atoms with Gasteiger partial charge in [-0.15, -0.1) is 0 Å². The van der Waals surface area contributed by atoms with Crippen LogP contribution in [-0.2, 0) is 0 Å². The Labute approximate surface area is 30.4 Å². The first-order chi connectivity index (χ1) is 2.41. The lowest BCUT2D eigenvalue weighted by Crippen LogP contribution is -1.63. The Morgan fingerprint density at radius 2 is 3.25 bits per heavy atom. The third-order valence-electron chi connectivity index (χ3n) is 0.0816. The molecular formula is CH3BNP. The topological polar surface area (TPSA) is 12.4 Å². The first-order valence-electron chi connectivity index (χ1n) is 1.37. The molecule has 3 heteroatoms. The summed E-state index contributed by atoms with van der Waals surface area (Å²) in [5.41, 5.74) is 0. The number of hydrogen-bond donors (Lipinski definition) is 0. The summed E-state index contributed by atoms with van der Waals surface area (Å²) in [5.74, 6) is 0. The zero-order valence-electron chi connectivity index (χ0n) is 3.18. The summed E-state index contributed by atoms with van der Waals surface area (Å²) >= 11 is 0. The maximum atomic E-state index is 6.33. The van der Waals surface area contributed by atoms with E-state index in [0.717, 1.165) is 0 Å². The van der Waals surface area contributed by atoms with Gasteiger partial charge in [0.15, 0.2) is 0 Å². The molecule has 0 aliphatic rings. The van der Waals surface area contributed by atoms with Crippen LogP contribution in [0.4, 0.5) is 0 Å². The van der Waals surface area contributed by atoms with Gasteiger partial charge in [-0.1, -0.05) is 0 Å². The van der Waals surface area contributed by atoms with Crippen LogP contribution in [-0.4, -0.2) is 15.6 Å². The van der Waals surface area contributed by atoms with Crippen LogP contribution in [0.5, 0.6) is 0 Å². The number of nitrogens with zero attached hydrogens (tertiary/aromatic N) is 1. The van der Waals surface area contributed by atoms with Crippen molar-refractivity contribution in [2.75, 3.05) is 6.44 Å². The molecule has 20 valence electrons. The van der Waals surface area contributed by atoms with Gasteiger partial charge in [0.2, 0.25) is 0 Å². The van der Waals surface area contributed by atoms with Gasteiger partial charge in [0.05, 0.1) is 7.85 Å². The van der Waals surface area contributed by atoms with Crippen molar-refractivity contribution in [1.82, 2.24) is 0 Å². The molecule has 0 saturated heterocycles. The summed E-state index contributed by atoms with van der Waals surface area (Å²) in [6.45, 7) is 0. The molecule has 0 aromatic heterocycles. The molecule has 0 spiro atoms. The van der Waals surface area contributed by atoms with E-state index >= 15 is 0 Å². The molecule has 0 unspecified atom stereocenters. The molecule has 0 aromatic carbocycles. The van der Waals surface area contributed by atoms with Crippen LogP contribution < -0.4 is 0 Å². The summed E-state index contributed by atoms with van der Waals surface area (Å²) in [6.07, 6.45) is 0.269. The molecule has 0 rings (SSSR count). The van der Waals surface area contributed by atoms with Gasteiger partial charge in [0.25, 0.3) is 0 Å². The average molecular weight is 72.8 g/mol. The molecule has 0 heterocycles. The lowest BCUT2D eigenvalue weighted by Gasteiger charge is -1.59. The highest BCUT2D eigenvalue weighted by atomic mass is 31.0. The molecule has 0 aliphatic carbocycles. The van der Waals surface area contributed by atoms with Gasteiger partial charge in [0, 0.05) is 6.44 Å². The van der Waals surface area contributed by atoms with Gasteiger partial charge in [-0.05, 0) is 8.98 Å². The van der Waals surface area contributed by atoms with Crippen molar-refractivity contribution in [3.63, 3.8) is 0 Å². The Bertz CT molecular complexity index is 38.6. The summed E-state index contributed by atoms with van der Waals surface area (Å²) in [5, 5.41) is 0. The van der Waals surface area contributed by atoms with E-state index in [2.05, 4.69) is 4.74 Å². The smallest absolute Gasteiger partial charge is 0.114 e. The van der Waals surface area contributed by atoms with Gasteiger partial charge in [-0.2, -0.15) is 0 Å². The molecule has 0 atom stereocenters. The van der Waals surface area contributed by atoms with Crippen LogP contribution >= 0.6 is 8.98 Å². The summed E-state index contributed by atoms with van der Waals surface area (Å²) < 4.78 is 9.72. The van der Waals surface area contributed by atoms with E-state index in [-0.39, 0.29) is 15.4 Å².